The van der Waals surface area contributed by atoms with E-state index in [-0.39, 0.29) is 4.47 Å². The van der Waals surface area contributed by atoms with Crippen molar-refractivity contribution in [3.05, 3.63) is 45.1 Å². The highest BCUT2D eigenvalue weighted by Crippen LogP contribution is 2.35. The monoisotopic (exact) mass is 454 g/mol. The van der Waals surface area contributed by atoms with Crippen LogP contribution < -0.4 is 10.6 Å². The lowest BCUT2D eigenvalue weighted by Crippen LogP contribution is -2.29. The summed E-state index contributed by atoms with van der Waals surface area (Å²) in [5.41, 5.74) is 0.287. The zero-order valence-electron chi connectivity index (χ0n) is 13.1. The normalized spacial score (nSPS) is 11.4. The number of benzene rings is 1. The number of aryl methyl sites for hydroxylation is 1. The smallest absolute Gasteiger partial charge is 0.362 e. The SMILES string of the molecule is Cc1c(Br)c(C(F)(F)F)nn1CCCNC(=S)Nc1cccc(Cl)c1. The van der Waals surface area contributed by atoms with Crippen LogP contribution in [0.15, 0.2) is 28.7 Å². The van der Waals surface area contributed by atoms with Crippen LogP contribution in [0.5, 0.6) is 0 Å². The maximum absolute atomic E-state index is 12.8. The predicted octanol–water partition coefficient (Wildman–Crippen LogP) is 5.00. The van der Waals surface area contributed by atoms with Crippen molar-refractivity contribution in [3.63, 3.8) is 0 Å². The summed E-state index contributed by atoms with van der Waals surface area (Å²) in [6, 6.07) is 7.11. The molecule has 0 amide bonds. The first kappa shape index (κ1) is 20.0. The fourth-order valence-corrected chi connectivity index (χ4v) is 3.01. The van der Waals surface area contributed by atoms with Gasteiger partial charge in [-0.05, 0) is 59.7 Å². The third-order valence-electron chi connectivity index (χ3n) is 3.32. The molecule has 136 valence electrons. The quantitative estimate of drug-likeness (QED) is 0.492. The second-order valence-electron chi connectivity index (χ2n) is 5.21. The van der Waals surface area contributed by atoms with Gasteiger partial charge in [0.1, 0.15) is 0 Å². The Kier molecular flexibility index (Phi) is 6.70. The summed E-state index contributed by atoms with van der Waals surface area (Å²) in [4.78, 5) is 0. The highest BCUT2D eigenvalue weighted by molar-refractivity contribution is 9.10. The molecule has 25 heavy (non-hydrogen) atoms. The summed E-state index contributed by atoms with van der Waals surface area (Å²) in [5.74, 6) is 0. The van der Waals surface area contributed by atoms with Crippen LogP contribution in [0.1, 0.15) is 17.8 Å². The van der Waals surface area contributed by atoms with Crippen molar-refractivity contribution in [2.24, 2.45) is 0 Å². The molecule has 0 atom stereocenters. The average Bonchev–Trinajstić information content (AvgIpc) is 2.80. The highest BCUT2D eigenvalue weighted by atomic mass is 79.9. The molecule has 0 bridgehead atoms. The minimum atomic E-state index is -4.48. The van der Waals surface area contributed by atoms with E-state index in [1.807, 2.05) is 6.07 Å². The molecule has 0 saturated heterocycles. The Balaban J connectivity index is 1.82. The summed E-state index contributed by atoms with van der Waals surface area (Å²) in [6.45, 7) is 2.42. The van der Waals surface area contributed by atoms with Crippen molar-refractivity contribution in [2.75, 3.05) is 11.9 Å². The molecule has 0 spiro atoms. The molecule has 0 fully saturated rings. The summed E-state index contributed by atoms with van der Waals surface area (Å²) in [7, 11) is 0. The number of nitrogens with one attached hydrogen (secondary N) is 2. The molecule has 4 nitrogen and oxygen atoms in total. The number of alkyl halides is 3. The topological polar surface area (TPSA) is 41.9 Å². The van der Waals surface area contributed by atoms with Crippen LogP contribution in [0.3, 0.4) is 0 Å². The zero-order chi connectivity index (χ0) is 18.6. The largest absolute Gasteiger partial charge is 0.436 e. The van der Waals surface area contributed by atoms with Crippen molar-refractivity contribution in [3.8, 4) is 0 Å². The molecule has 0 aliphatic rings. The van der Waals surface area contributed by atoms with Crippen LogP contribution in [0.4, 0.5) is 18.9 Å². The summed E-state index contributed by atoms with van der Waals surface area (Å²) in [6.07, 6.45) is -3.92. The average molecular weight is 456 g/mol. The lowest BCUT2D eigenvalue weighted by Gasteiger charge is -2.11. The van der Waals surface area contributed by atoms with E-state index in [1.54, 1.807) is 25.1 Å². The Hall–Kier alpha value is -1.32. The van der Waals surface area contributed by atoms with Gasteiger partial charge in [-0.1, -0.05) is 17.7 Å². The fourth-order valence-electron chi connectivity index (χ4n) is 2.10. The fraction of sp³-hybridized carbons (Fsp3) is 0.333. The van der Waals surface area contributed by atoms with E-state index in [9.17, 15) is 13.2 Å². The number of hydrogen-bond donors (Lipinski definition) is 2. The van der Waals surface area contributed by atoms with Crippen molar-refractivity contribution in [2.45, 2.75) is 26.1 Å². The molecule has 2 aromatic rings. The second kappa shape index (κ2) is 8.37. The third-order valence-corrected chi connectivity index (χ3v) is 4.75. The van der Waals surface area contributed by atoms with E-state index in [1.165, 1.54) is 4.68 Å². The molecule has 0 radical (unpaired) electrons. The maximum Gasteiger partial charge on any atom is 0.436 e. The minimum absolute atomic E-state index is 0.0221. The standard InChI is InChI=1S/C15H15BrClF3N4S/c1-9-12(16)13(15(18,19)20)23-24(9)7-3-6-21-14(25)22-11-5-2-4-10(17)8-11/h2,4-5,8H,3,6-7H2,1H3,(H2,21,22,25). The molecule has 1 aromatic heterocycles. The van der Waals surface area contributed by atoms with Gasteiger partial charge in [0.05, 0.1) is 10.2 Å². The first-order valence-electron chi connectivity index (χ1n) is 7.29. The Morgan fingerprint density at radius 2 is 2.12 bits per heavy atom. The molecule has 0 aliphatic carbocycles. The van der Waals surface area contributed by atoms with Crippen molar-refractivity contribution in [1.29, 1.82) is 0 Å². The number of aromatic nitrogens is 2. The van der Waals surface area contributed by atoms with Gasteiger partial charge in [0.25, 0.3) is 0 Å². The van der Waals surface area contributed by atoms with Gasteiger partial charge >= 0.3 is 6.18 Å². The van der Waals surface area contributed by atoms with Crippen LogP contribution in [0.2, 0.25) is 5.02 Å². The molecule has 1 heterocycles. The first-order valence-corrected chi connectivity index (χ1v) is 8.87. The molecule has 0 saturated carbocycles. The Bertz CT molecular complexity index is 764. The van der Waals surface area contributed by atoms with Gasteiger partial charge < -0.3 is 10.6 Å². The number of rotatable bonds is 5. The first-order chi connectivity index (χ1) is 11.7. The van der Waals surface area contributed by atoms with E-state index in [0.717, 1.165) is 5.69 Å². The Morgan fingerprint density at radius 3 is 2.72 bits per heavy atom. The Labute approximate surface area is 161 Å². The van der Waals surface area contributed by atoms with Crippen LogP contribution >= 0.6 is 39.7 Å². The van der Waals surface area contributed by atoms with Gasteiger partial charge in [-0.25, -0.2) is 0 Å². The predicted molar refractivity (Wildman–Crippen MR) is 100.0 cm³/mol. The molecular weight excluding hydrogens is 441 g/mol. The van der Waals surface area contributed by atoms with Crippen molar-refractivity contribution >= 4 is 50.5 Å². The zero-order valence-corrected chi connectivity index (χ0v) is 16.3. The van der Waals surface area contributed by atoms with Gasteiger partial charge in [0, 0.05) is 23.8 Å². The van der Waals surface area contributed by atoms with Gasteiger partial charge in [0.15, 0.2) is 10.8 Å². The van der Waals surface area contributed by atoms with E-state index in [0.29, 0.717) is 35.3 Å². The number of halogens is 5. The molecule has 10 heteroatoms. The number of hydrogen-bond acceptors (Lipinski definition) is 2. The maximum atomic E-state index is 12.8. The summed E-state index contributed by atoms with van der Waals surface area (Å²) >= 11 is 14.0. The van der Waals surface area contributed by atoms with E-state index in [4.69, 9.17) is 23.8 Å². The number of thiocarbonyl (C=S) groups is 1. The third kappa shape index (κ3) is 5.58. The van der Waals surface area contributed by atoms with Crippen LogP contribution in [-0.4, -0.2) is 21.4 Å². The number of nitrogens with zero attached hydrogens (tertiary/aromatic N) is 2. The van der Waals surface area contributed by atoms with Gasteiger partial charge in [0.2, 0.25) is 0 Å². The van der Waals surface area contributed by atoms with Gasteiger partial charge in [-0.3, -0.25) is 4.68 Å². The van der Waals surface area contributed by atoms with Gasteiger partial charge in [-0.15, -0.1) is 0 Å². The minimum Gasteiger partial charge on any atom is -0.362 e. The lowest BCUT2D eigenvalue weighted by molar-refractivity contribution is -0.142. The van der Waals surface area contributed by atoms with Crippen LogP contribution in [-0.2, 0) is 12.7 Å². The molecule has 0 unspecified atom stereocenters. The molecule has 1 aromatic carbocycles. The second-order valence-corrected chi connectivity index (χ2v) is 6.85. The van der Waals surface area contributed by atoms with E-state index in [2.05, 4.69) is 31.7 Å². The molecule has 2 N–H and O–H groups in total. The van der Waals surface area contributed by atoms with Gasteiger partial charge in [-0.2, -0.15) is 18.3 Å². The summed E-state index contributed by atoms with van der Waals surface area (Å²) in [5, 5.41) is 10.6. The van der Waals surface area contributed by atoms with E-state index >= 15 is 0 Å². The molecule has 0 aliphatic heterocycles. The molecular formula is C15H15BrClF3N4S. The van der Waals surface area contributed by atoms with Crippen molar-refractivity contribution < 1.29 is 13.2 Å². The summed E-state index contributed by atoms with van der Waals surface area (Å²) < 4.78 is 39.8. The van der Waals surface area contributed by atoms with Crippen LogP contribution in [0, 0.1) is 6.92 Å². The van der Waals surface area contributed by atoms with Crippen molar-refractivity contribution in [1.82, 2.24) is 15.1 Å². The number of anilines is 1. The van der Waals surface area contributed by atoms with Crippen LogP contribution in [0.25, 0.3) is 0 Å². The lowest BCUT2D eigenvalue weighted by atomic mass is 10.3. The highest BCUT2D eigenvalue weighted by Gasteiger charge is 2.37. The van der Waals surface area contributed by atoms with E-state index < -0.39 is 11.9 Å². The molecule has 2 rings (SSSR count). The Morgan fingerprint density at radius 1 is 1.40 bits per heavy atom.